The molecular formula is C27H28N2O10. The Morgan fingerprint density at radius 3 is 2.26 bits per heavy atom. The number of aryl methyl sites for hydroxylation is 1. The number of aromatic amines is 1. The van der Waals surface area contributed by atoms with E-state index < -0.39 is 41.6 Å². The van der Waals surface area contributed by atoms with Crippen molar-refractivity contribution in [2.24, 2.45) is 0 Å². The van der Waals surface area contributed by atoms with Crippen molar-refractivity contribution in [3.05, 3.63) is 86.2 Å². The van der Waals surface area contributed by atoms with Crippen LogP contribution in [0.15, 0.2) is 58.3 Å². The Hall–Kier alpha value is -4.58. The fraction of sp³-hybridized carbons (Fsp3) is 0.333. The van der Waals surface area contributed by atoms with E-state index in [-0.39, 0.29) is 30.1 Å². The van der Waals surface area contributed by atoms with Gasteiger partial charge in [0.05, 0.1) is 32.5 Å². The molecule has 1 aliphatic rings. The Balaban J connectivity index is 1.59. The Bertz CT molecular complexity index is 1440. The Morgan fingerprint density at radius 1 is 0.974 bits per heavy atom. The van der Waals surface area contributed by atoms with Crippen LogP contribution in [0.1, 0.15) is 38.9 Å². The van der Waals surface area contributed by atoms with Crippen LogP contribution in [0.25, 0.3) is 0 Å². The number of rotatable bonds is 9. The first-order valence-electron chi connectivity index (χ1n) is 12.0. The largest absolute Gasteiger partial charge is 0.493 e. The normalized spacial score (nSPS) is 18.3. The molecule has 1 aliphatic heterocycles. The molecule has 1 unspecified atom stereocenters. The van der Waals surface area contributed by atoms with Gasteiger partial charge >= 0.3 is 17.6 Å². The number of nitrogens with zero attached hydrogens (tertiary/aromatic N) is 1. The molecule has 1 saturated heterocycles. The minimum absolute atomic E-state index is 0.0507. The van der Waals surface area contributed by atoms with Gasteiger partial charge in [-0.05, 0) is 31.2 Å². The van der Waals surface area contributed by atoms with Gasteiger partial charge in [0.25, 0.3) is 5.56 Å². The van der Waals surface area contributed by atoms with Crippen molar-refractivity contribution in [3.8, 4) is 17.2 Å². The number of hydrogen-bond acceptors (Lipinski definition) is 10. The van der Waals surface area contributed by atoms with Crippen LogP contribution in [0.5, 0.6) is 17.2 Å². The average molecular weight is 541 g/mol. The summed E-state index contributed by atoms with van der Waals surface area (Å²) < 4.78 is 34.3. The molecule has 206 valence electrons. The van der Waals surface area contributed by atoms with Gasteiger partial charge in [-0.3, -0.25) is 14.3 Å². The molecule has 3 aromatic rings. The first-order chi connectivity index (χ1) is 18.7. The summed E-state index contributed by atoms with van der Waals surface area (Å²) >= 11 is 0. The summed E-state index contributed by atoms with van der Waals surface area (Å²) in [6.07, 6.45) is -1.31. The molecule has 3 atom stereocenters. The van der Waals surface area contributed by atoms with E-state index in [0.29, 0.717) is 16.9 Å². The van der Waals surface area contributed by atoms with E-state index in [2.05, 4.69) is 4.98 Å². The molecule has 0 radical (unpaired) electrons. The van der Waals surface area contributed by atoms with E-state index in [1.54, 1.807) is 37.3 Å². The molecule has 39 heavy (non-hydrogen) atoms. The lowest BCUT2D eigenvalue weighted by Crippen LogP contribution is -2.33. The molecule has 0 bridgehead atoms. The third-order valence-corrected chi connectivity index (χ3v) is 6.18. The first kappa shape index (κ1) is 27.5. The van der Waals surface area contributed by atoms with Crippen molar-refractivity contribution in [1.82, 2.24) is 9.55 Å². The highest BCUT2D eigenvalue weighted by Crippen LogP contribution is 2.39. The SMILES string of the molecule is COc1cc(C(=O)O[C@H]2CC(n3cc(C)c(=O)[nH]c3=O)O[C@@H]2COC(=O)c2ccccc2)cc(OC)c1OC. The van der Waals surface area contributed by atoms with Crippen molar-refractivity contribution < 1.29 is 38.0 Å². The molecule has 0 amide bonds. The van der Waals surface area contributed by atoms with Crippen LogP contribution >= 0.6 is 0 Å². The number of carbonyl (C=O) groups is 2. The van der Waals surface area contributed by atoms with Gasteiger partial charge in [0.15, 0.2) is 11.5 Å². The average Bonchev–Trinajstić information content (AvgIpc) is 3.35. The van der Waals surface area contributed by atoms with Crippen molar-refractivity contribution in [3.63, 3.8) is 0 Å². The molecular weight excluding hydrogens is 512 g/mol. The molecule has 0 spiro atoms. The summed E-state index contributed by atoms with van der Waals surface area (Å²) in [7, 11) is 4.28. The van der Waals surface area contributed by atoms with Crippen LogP contribution < -0.4 is 25.5 Å². The minimum atomic E-state index is -0.913. The van der Waals surface area contributed by atoms with Crippen molar-refractivity contribution in [2.45, 2.75) is 31.8 Å². The number of hydrogen-bond donors (Lipinski definition) is 1. The van der Waals surface area contributed by atoms with Crippen molar-refractivity contribution in [2.75, 3.05) is 27.9 Å². The zero-order valence-electron chi connectivity index (χ0n) is 21.8. The van der Waals surface area contributed by atoms with E-state index in [1.807, 2.05) is 0 Å². The summed E-state index contributed by atoms with van der Waals surface area (Å²) in [5.74, 6) is -0.498. The van der Waals surface area contributed by atoms with Crippen LogP contribution in [0.2, 0.25) is 0 Å². The van der Waals surface area contributed by atoms with E-state index in [1.165, 1.54) is 44.2 Å². The second kappa shape index (κ2) is 11.9. The van der Waals surface area contributed by atoms with Crippen LogP contribution in [0.3, 0.4) is 0 Å². The van der Waals surface area contributed by atoms with E-state index >= 15 is 0 Å². The number of methoxy groups -OCH3 is 3. The highest BCUT2D eigenvalue weighted by Gasteiger charge is 2.40. The molecule has 12 nitrogen and oxygen atoms in total. The lowest BCUT2D eigenvalue weighted by molar-refractivity contribution is -0.0582. The topological polar surface area (TPSA) is 144 Å². The Labute approximate surface area is 223 Å². The number of carbonyl (C=O) groups excluding carboxylic acids is 2. The predicted octanol–water partition coefficient (Wildman–Crippen LogP) is 2.24. The number of H-pyrrole nitrogens is 1. The quantitative estimate of drug-likeness (QED) is 0.401. The molecule has 1 N–H and O–H groups in total. The van der Waals surface area contributed by atoms with Gasteiger partial charge in [-0.2, -0.15) is 0 Å². The number of esters is 2. The molecule has 1 fully saturated rings. The molecule has 12 heteroatoms. The first-order valence-corrected chi connectivity index (χ1v) is 12.0. The third-order valence-electron chi connectivity index (χ3n) is 6.18. The van der Waals surface area contributed by atoms with Crippen molar-refractivity contribution >= 4 is 11.9 Å². The second-order valence-electron chi connectivity index (χ2n) is 8.67. The van der Waals surface area contributed by atoms with Gasteiger partial charge in [-0.15, -0.1) is 0 Å². The molecule has 1 aromatic heterocycles. The maximum atomic E-state index is 13.2. The van der Waals surface area contributed by atoms with Gasteiger partial charge in [-0.1, -0.05) is 18.2 Å². The molecule has 2 aromatic carbocycles. The number of aromatic nitrogens is 2. The van der Waals surface area contributed by atoms with Crippen LogP contribution in [-0.4, -0.2) is 61.6 Å². The van der Waals surface area contributed by atoms with E-state index in [9.17, 15) is 19.2 Å². The summed E-state index contributed by atoms with van der Waals surface area (Å²) in [4.78, 5) is 52.3. The van der Waals surface area contributed by atoms with E-state index in [0.717, 1.165) is 0 Å². The standard InChI is InChI=1S/C27H28N2O10/c1-15-13-29(27(33)28-24(15)30)22-12-18(21(38-22)14-37-25(31)16-8-6-5-7-9-16)39-26(32)17-10-19(34-2)23(36-4)20(11-17)35-3/h5-11,13,18,21-22H,12,14H2,1-4H3,(H,28,30,33)/t18-,21+,22?/m0/s1. The van der Waals surface area contributed by atoms with E-state index in [4.69, 9.17) is 28.4 Å². The molecule has 0 aliphatic carbocycles. The third kappa shape index (κ3) is 5.96. The molecule has 4 rings (SSSR count). The van der Waals surface area contributed by atoms with Gasteiger partial charge in [0.1, 0.15) is 25.0 Å². The lowest BCUT2D eigenvalue weighted by Gasteiger charge is -2.19. The van der Waals surface area contributed by atoms with Gasteiger partial charge in [-0.25, -0.2) is 14.4 Å². The maximum absolute atomic E-state index is 13.2. The Morgan fingerprint density at radius 2 is 1.64 bits per heavy atom. The lowest BCUT2D eigenvalue weighted by atomic mass is 10.1. The summed E-state index contributed by atoms with van der Waals surface area (Å²) in [5, 5.41) is 0. The number of ether oxygens (including phenoxy) is 6. The van der Waals surface area contributed by atoms with Crippen molar-refractivity contribution in [1.29, 1.82) is 0 Å². The van der Waals surface area contributed by atoms with Gasteiger partial charge in [0, 0.05) is 18.2 Å². The fourth-order valence-corrected chi connectivity index (χ4v) is 4.17. The van der Waals surface area contributed by atoms with Gasteiger partial charge < -0.3 is 28.4 Å². The van der Waals surface area contributed by atoms with Gasteiger partial charge in [0.2, 0.25) is 5.75 Å². The summed E-state index contributed by atoms with van der Waals surface area (Å²) in [6.45, 7) is 1.29. The smallest absolute Gasteiger partial charge is 0.338 e. The summed E-state index contributed by atoms with van der Waals surface area (Å²) in [5.41, 5.74) is -0.459. The zero-order chi connectivity index (χ0) is 28.1. The van der Waals surface area contributed by atoms with Crippen LogP contribution in [0.4, 0.5) is 0 Å². The number of nitrogens with one attached hydrogen (secondary N) is 1. The highest BCUT2D eigenvalue weighted by molar-refractivity contribution is 5.91. The Kier molecular flexibility index (Phi) is 8.35. The zero-order valence-corrected chi connectivity index (χ0v) is 21.8. The predicted molar refractivity (Wildman–Crippen MR) is 137 cm³/mol. The monoisotopic (exact) mass is 540 g/mol. The maximum Gasteiger partial charge on any atom is 0.338 e. The molecule has 0 saturated carbocycles. The van der Waals surface area contributed by atoms with Crippen LogP contribution in [-0.2, 0) is 14.2 Å². The second-order valence-corrected chi connectivity index (χ2v) is 8.67. The highest BCUT2D eigenvalue weighted by atomic mass is 16.6. The summed E-state index contributed by atoms with van der Waals surface area (Å²) in [6, 6.07) is 11.3. The number of benzene rings is 2. The molecule has 2 heterocycles. The van der Waals surface area contributed by atoms with Crippen LogP contribution in [0, 0.1) is 6.92 Å². The minimum Gasteiger partial charge on any atom is -0.493 e. The fourth-order valence-electron chi connectivity index (χ4n) is 4.17.